The predicted octanol–water partition coefficient (Wildman–Crippen LogP) is 1.28. The van der Waals surface area contributed by atoms with Crippen LogP contribution in [0.5, 0.6) is 0 Å². The molecule has 2 aromatic rings. The normalized spacial score (nSPS) is 11.2. The minimum Gasteiger partial charge on any atom is -0.308 e. The molecule has 0 aromatic carbocycles. The van der Waals surface area contributed by atoms with Crippen molar-refractivity contribution in [1.29, 1.82) is 0 Å². The van der Waals surface area contributed by atoms with Crippen molar-refractivity contribution < 1.29 is 0 Å². The summed E-state index contributed by atoms with van der Waals surface area (Å²) < 4.78 is 1.82. The Labute approximate surface area is 98.5 Å². The zero-order valence-electron chi connectivity index (χ0n) is 9.42. The summed E-state index contributed by atoms with van der Waals surface area (Å²) in [5, 5.41) is 10.7. The van der Waals surface area contributed by atoms with Gasteiger partial charge in [0, 0.05) is 17.6 Å². The largest absolute Gasteiger partial charge is 0.308 e. The highest BCUT2D eigenvalue weighted by atomic mass is 32.1. The van der Waals surface area contributed by atoms with Crippen LogP contribution in [0.2, 0.25) is 0 Å². The van der Waals surface area contributed by atoms with Gasteiger partial charge in [0.15, 0.2) is 5.82 Å². The van der Waals surface area contributed by atoms with Crippen LogP contribution in [-0.4, -0.2) is 25.8 Å². The third kappa shape index (κ3) is 3.11. The van der Waals surface area contributed by atoms with E-state index < -0.39 is 0 Å². The van der Waals surface area contributed by atoms with Gasteiger partial charge in [-0.2, -0.15) is 5.10 Å². The summed E-state index contributed by atoms with van der Waals surface area (Å²) in [6, 6.07) is 0.450. The molecule has 0 saturated heterocycles. The molecule has 0 fully saturated rings. The number of thiazole rings is 1. The summed E-state index contributed by atoms with van der Waals surface area (Å²) in [6.07, 6.45) is 3.55. The molecule has 0 radical (unpaired) electrons. The van der Waals surface area contributed by atoms with Gasteiger partial charge in [0.25, 0.3) is 0 Å². The monoisotopic (exact) mass is 237 g/mol. The van der Waals surface area contributed by atoms with Crippen molar-refractivity contribution in [3.8, 4) is 0 Å². The molecule has 0 aliphatic carbocycles. The van der Waals surface area contributed by atoms with Crippen LogP contribution in [0.4, 0.5) is 0 Å². The fourth-order valence-corrected chi connectivity index (χ4v) is 1.86. The fourth-order valence-electron chi connectivity index (χ4n) is 1.26. The highest BCUT2D eigenvalue weighted by Gasteiger charge is 2.03. The van der Waals surface area contributed by atoms with E-state index in [1.165, 1.54) is 0 Å². The van der Waals surface area contributed by atoms with Gasteiger partial charge in [-0.25, -0.2) is 14.6 Å². The number of rotatable bonds is 5. The highest BCUT2D eigenvalue weighted by molar-refractivity contribution is 7.09. The Bertz CT molecular complexity index is 420. The molecule has 0 atom stereocenters. The summed E-state index contributed by atoms with van der Waals surface area (Å²) in [4.78, 5) is 8.44. The van der Waals surface area contributed by atoms with E-state index >= 15 is 0 Å². The van der Waals surface area contributed by atoms with Crippen molar-refractivity contribution in [3.05, 3.63) is 28.7 Å². The van der Waals surface area contributed by atoms with Crippen LogP contribution in [0.1, 0.15) is 24.7 Å². The summed E-state index contributed by atoms with van der Waals surface area (Å²) in [7, 11) is 0. The molecule has 2 rings (SSSR count). The van der Waals surface area contributed by atoms with Crippen LogP contribution in [0.25, 0.3) is 0 Å². The lowest BCUT2D eigenvalue weighted by Gasteiger charge is -2.03. The Morgan fingerprint density at radius 3 is 3.00 bits per heavy atom. The lowest BCUT2D eigenvalue weighted by Crippen LogP contribution is -2.22. The molecule has 0 spiro atoms. The van der Waals surface area contributed by atoms with Gasteiger partial charge in [0.2, 0.25) is 0 Å². The Kier molecular flexibility index (Phi) is 3.63. The molecule has 0 unspecified atom stereocenters. The molecular formula is C10H15N5S. The van der Waals surface area contributed by atoms with Crippen molar-refractivity contribution in [2.75, 3.05) is 0 Å². The van der Waals surface area contributed by atoms with Crippen molar-refractivity contribution in [1.82, 2.24) is 25.1 Å². The number of nitrogens with one attached hydrogen (secondary N) is 1. The average molecular weight is 237 g/mol. The fraction of sp³-hybridized carbons (Fsp3) is 0.500. The summed E-state index contributed by atoms with van der Waals surface area (Å²) in [5.41, 5.74) is 0. The lowest BCUT2D eigenvalue weighted by molar-refractivity contribution is 0.565. The van der Waals surface area contributed by atoms with E-state index in [-0.39, 0.29) is 0 Å². The van der Waals surface area contributed by atoms with Crippen molar-refractivity contribution in [2.45, 2.75) is 33.0 Å². The molecule has 0 amide bonds. The van der Waals surface area contributed by atoms with E-state index in [1.807, 2.05) is 10.1 Å². The topological polar surface area (TPSA) is 55.6 Å². The second-order valence-electron chi connectivity index (χ2n) is 3.82. The third-order valence-corrected chi connectivity index (χ3v) is 2.80. The summed E-state index contributed by atoms with van der Waals surface area (Å²) in [6.45, 7) is 5.62. The van der Waals surface area contributed by atoms with E-state index in [1.54, 1.807) is 23.9 Å². The molecule has 2 heterocycles. The number of hydrogen-bond donors (Lipinski definition) is 1. The zero-order chi connectivity index (χ0) is 11.4. The highest BCUT2D eigenvalue weighted by Crippen LogP contribution is 2.05. The van der Waals surface area contributed by atoms with Crippen molar-refractivity contribution >= 4 is 11.3 Å². The number of hydrogen-bond acceptors (Lipinski definition) is 5. The molecule has 0 aliphatic heterocycles. The van der Waals surface area contributed by atoms with Crippen LogP contribution >= 0.6 is 11.3 Å². The molecule has 0 aliphatic rings. The van der Waals surface area contributed by atoms with Crippen LogP contribution in [0.15, 0.2) is 17.9 Å². The van der Waals surface area contributed by atoms with Gasteiger partial charge >= 0.3 is 0 Å². The van der Waals surface area contributed by atoms with Gasteiger partial charge in [-0.1, -0.05) is 13.8 Å². The molecule has 16 heavy (non-hydrogen) atoms. The molecule has 6 heteroatoms. The van der Waals surface area contributed by atoms with Crippen molar-refractivity contribution in [3.63, 3.8) is 0 Å². The maximum atomic E-state index is 4.37. The minimum atomic E-state index is 0.450. The van der Waals surface area contributed by atoms with Crippen LogP contribution < -0.4 is 5.32 Å². The van der Waals surface area contributed by atoms with Crippen LogP contribution in [-0.2, 0) is 13.1 Å². The maximum absolute atomic E-state index is 4.37. The number of nitrogens with zero attached hydrogens (tertiary/aromatic N) is 4. The Balaban J connectivity index is 1.92. The smallest absolute Gasteiger partial charge is 0.164 e. The van der Waals surface area contributed by atoms with E-state index in [4.69, 9.17) is 0 Å². The van der Waals surface area contributed by atoms with Gasteiger partial charge in [-0.05, 0) is 0 Å². The first-order chi connectivity index (χ1) is 7.74. The molecule has 5 nitrogen and oxygen atoms in total. The van der Waals surface area contributed by atoms with E-state index in [2.05, 4.69) is 34.2 Å². The van der Waals surface area contributed by atoms with Gasteiger partial charge in [-0.3, -0.25) is 0 Å². The van der Waals surface area contributed by atoms with E-state index in [9.17, 15) is 0 Å². The third-order valence-electron chi connectivity index (χ3n) is 2.03. The van der Waals surface area contributed by atoms with Crippen molar-refractivity contribution in [2.24, 2.45) is 0 Å². The first kappa shape index (κ1) is 11.2. The lowest BCUT2D eigenvalue weighted by atomic mass is 10.4. The second kappa shape index (κ2) is 5.18. The van der Waals surface area contributed by atoms with Crippen LogP contribution in [0.3, 0.4) is 0 Å². The minimum absolute atomic E-state index is 0.450. The molecule has 86 valence electrons. The van der Waals surface area contributed by atoms with Gasteiger partial charge in [0.05, 0.1) is 13.1 Å². The molecule has 0 saturated carbocycles. The maximum Gasteiger partial charge on any atom is 0.164 e. The van der Waals surface area contributed by atoms with Gasteiger partial charge < -0.3 is 5.32 Å². The van der Waals surface area contributed by atoms with E-state index in [0.717, 1.165) is 10.8 Å². The van der Waals surface area contributed by atoms with E-state index in [0.29, 0.717) is 19.1 Å². The molecular weight excluding hydrogens is 222 g/mol. The molecule has 2 aromatic heterocycles. The van der Waals surface area contributed by atoms with Gasteiger partial charge in [-0.15, -0.1) is 11.3 Å². The standard InChI is InChI=1S/C10H15N5S/c1-8(2)12-5-9-13-7-15(14-9)6-10-11-3-4-16-10/h3-4,7-8,12H,5-6H2,1-2H3. The number of aromatic nitrogens is 4. The molecule has 1 N–H and O–H groups in total. The summed E-state index contributed by atoms with van der Waals surface area (Å²) >= 11 is 1.63. The Morgan fingerprint density at radius 1 is 1.44 bits per heavy atom. The Hall–Kier alpha value is -1.27. The first-order valence-electron chi connectivity index (χ1n) is 5.24. The molecule has 0 bridgehead atoms. The average Bonchev–Trinajstić information content (AvgIpc) is 2.87. The quantitative estimate of drug-likeness (QED) is 0.851. The van der Waals surface area contributed by atoms with Crippen LogP contribution in [0, 0.1) is 0 Å². The SMILES string of the molecule is CC(C)NCc1ncn(Cc2nccs2)n1. The summed E-state index contributed by atoms with van der Waals surface area (Å²) in [5.74, 6) is 0.824. The second-order valence-corrected chi connectivity index (χ2v) is 4.80. The zero-order valence-corrected chi connectivity index (χ0v) is 10.2. The first-order valence-corrected chi connectivity index (χ1v) is 6.12. The Morgan fingerprint density at radius 2 is 2.31 bits per heavy atom. The predicted molar refractivity (Wildman–Crippen MR) is 63.2 cm³/mol. The van der Waals surface area contributed by atoms with Gasteiger partial charge in [0.1, 0.15) is 11.3 Å².